The predicted octanol–water partition coefficient (Wildman–Crippen LogP) is 1.22. The van der Waals surface area contributed by atoms with E-state index in [1.54, 1.807) is 18.3 Å². The minimum atomic E-state index is 0.465. The summed E-state index contributed by atoms with van der Waals surface area (Å²) in [5, 5.41) is 6.71. The first-order chi connectivity index (χ1) is 7.78. The van der Waals surface area contributed by atoms with Crippen molar-refractivity contribution in [2.24, 2.45) is 0 Å². The lowest BCUT2D eigenvalue weighted by atomic mass is 10.4. The average Bonchev–Trinajstić information content (AvgIpc) is 2.78. The highest BCUT2D eigenvalue weighted by atomic mass is 16.5. The van der Waals surface area contributed by atoms with Gasteiger partial charge in [0.05, 0.1) is 12.7 Å². The number of rotatable bonds is 4. The zero-order chi connectivity index (χ0) is 11.4. The first-order valence-electron chi connectivity index (χ1n) is 5.05. The van der Waals surface area contributed by atoms with Crippen LogP contribution in [0.1, 0.15) is 18.5 Å². The summed E-state index contributed by atoms with van der Waals surface area (Å²) in [6.07, 6.45) is 2.35. The summed E-state index contributed by atoms with van der Waals surface area (Å²) in [4.78, 5) is 8.38. The Morgan fingerprint density at radius 2 is 2.31 bits per heavy atom. The van der Waals surface area contributed by atoms with Crippen LogP contribution in [0.15, 0.2) is 22.9 Å². The lowest BCUT2D eigenvalue weighted by molar-refractivity contribution is 0.388. The van der Waals surface area contributed by atoms with Crippen molar-refractivity contribution in [3.8, 4) is 0 Å². The van der Waals surface area contributed by atoms with Crippen molar-refractivity contribution in [3.63, 3.8) is 0 Å². The summed E-state index contributed by atoms with van der Waals surface area (Å²) in [5.74, 6) is 2.63. The fraction of sp³-hybridized carbons (Fsp3) is 0.300. The highest BCUT2D eigenvalue weighted by Crippen LogP contribution is 2.10. The van der Waals surface area contributed by atoms with E-state index >= 15 is 0 Å². The maximum Gasteiger partial charge on any atom is 0.155 e. The Balaban J connectivity index is 2.06. The smallest absolute Gasteiger partial charge is 0.155 e. The lowest BCUT2D eigenvalue weighted by Crippen LogP contribution is -2.05. The van der Waals surface area contributed by atoms with Crippen LogP contribution in [-0.4, -0.2) is 15.1 Å². The molecule has 0 aliphatic heterocycles. The number of aromatic nitrogens is 3. The zero-order valence-electron chi connectivity index (χ0n) is 8.97. The van der Waals surface area contributed by atoms with Crippen LogP contribution in [-0.2, 0) is 13.0 Å². The summed E-state index contributed by atoms with van der Waals surface area (Å²) in [5.41, 5.74) is 5.66. The Morgan fingerprint density at radius 1 is 1.44 bits per heavy atom. The molecule has 0 aliphatic carbocycles. The van der Waals surface area contributed by atoms with E-state index in [0.717, 1.165) is 18.0 Å². The summed E-state index contributed by atoms with van der Waals surface area (Å²) >= 11 is 0. The van der Waals surface area contributed by atoms with Crippen molar-refractivity contribution in [2.45, 2.75) is 19.9 Å². The van der Waals surface area contributed by atoms with Crippen LogP contribution in [0.25, 0.3) is 0 Å². The van der Waals surface area contributed by atoms with E-state index in [4.69, 9.17) is 10.3 Å². The quantitative estimate of drug-likeness (QED) is 0.803. The summed E-state index contributed by atoms with van der Waals surface area (Å²) < 4.78 is 4.95. The zero-order valence-corrected chi connectivity index (χ0v) is 8.97. The molecule has 2 aromatic rings. The number of hydrogen-bond acceptors (Lipinski definition) is 6. The number of anilines is 2. The topological polar surface area (TPSA) is 89.9 Å². The van der Waals surface area contributed by atoms with Crippen LogP contribution >= 0.6 is 0 Å². The van der Waals surface area contributed by atoms with Gasteiger partial charge in [0, 0.05) is 18.6 Å². The molecule has 2 heterocycles. The first kappa shape index (κ1) is 10.4. The van der Waals surface area contributed by atoms with Crippen molar-refractivity contribution in [2.75, 3.05) is 11.1 Å². The van der Waals surface area contributed by atoms with Crippen molar-refractivity contribution in [3.05, 3.63) is 29.9 Å². The molecule has 0 radical (unpaired) electrons. The van der Waals surface area contributed by atoms with Crippen molar-refractivity contribution in [1.82, 2.24) is 15.1 Å². The SMILES string of the molecule is CCc1nc(N)cc(NCc2ccno2)n1. The highest BCUT2D eigenvalue weighted by Gasteiger charge is 2.02. The van der Waals surface area contributed by atoms with Crippen LogP contribution in [0.2, 0.25) is 0 Å². The van der Waals surface area contributed by atoms with Gasteiger partial charge in [0.15, 0.2) is 5.76 Å². The Hall–Kier alpha value is -2.11. The van der Waals surface area contributed by atoms with Gasteiger partial charge < -0.3 is 15.6 Å². The molecular formula is C10H13N5O. The second kappa shape index (κ2) is 4.61. The largest absolute Gasteiger partial charge is 0.384 e. The molecule has 0 saturated heterocycles. The Morgan fingerprint density at radius 3 is 3.00 bits per heavy atom. The van der Waals surface area contributed by atoms with Gasteiger partial charge in [-0.15, -0.1) is 0 Å². The third-order valence-electron chi connectivity index (χ3n) is 2.04. The standard InChI is InChI=1S/C10H13N5O/c1-2-9-14-8(11)5-10(15-9)12-6-7-3-4-13-16-7/h3-5H,2,6H2,1H3,(H3,11,12,14,15). The molecule has 6 heteroatoms. The molecule has 3 N–H and O–H groups in total. The molecule has 2 rings (SSSR count). The van der Waals surface area contributed by atoms with Crippen LogP contribution in [0.5, 0.6) is 0 Å². The van der Waals surface area contributed by atoms with E-state index in [2.05, 4.69) is 20.4 Å². The Bertz CT molecular complexity index is 454. The number of nitrogen functional groups attached to an aromatic ring is 1. The van der Waals surface area contributed by atoms with E-state index in [1.807, 2.05) is 6.92 Å². The van der Waals surface area contributed by atoms with E-state index in [1.165, 1.54) is 0 Å². The summed E-state index contributed by atoms with van der Waals surface area (Å²) in [7, 11) is 0. The molecule has 2 aromatic heterocycles. The monoisotopic (exact) mass is 219 g/mol. The van der Waals surface area contributed by atoms with Crippen LogP contribution in [0.4, 0.5) is 11.6 Å². The maximum atomic E-state index is 5.66. The van der Waals surface area contributed by atoms with Gasteiger partial charge >= 0.3 is 0 Å². The number of nitrogens with zero attached hydrogens (tertiary/aromatic N) is 3. The maximum absolute atomic E-state index is 5.66. The third-order valence-corrected chi connectivity index (χ3v) is 2.04. The van der Waals surface area contributed by atoms with Crippen molar-refractivity contribution < 1.29 is 4.52 Å². The predicted molar refractivity (Wildman–Crippen MR) is 59.7 cm³/mol. The van der Waals surface area contributed by atoms with E-state index in [0.29, 0.717) is 18.2 Å². The van der Waals surface area contributed by atoms with Crippen LogP contribution in [0.3, 0.4) is 0 Å². The Kier molecular flexibility index (Phi) is 3.00. The van der Waals surface area contributed by atoms with Crippen LogP contribution in [0, 0.1) is 0 Å². The van der Waals surface area contributed by atoms with Gasteiger partial charge in [0.25, 0.3) is 0 Å². The van der Waals surface area contributed by atoms with E-state index in [9.17, 15) is 0 Å². The van der Waals surface area contributed by atoms with Gasteiger partial charge in [-0.2, -0.15) is 0 Å². The molecule has 6 nitrogen and oxygen atoms in total. The minimum absolute atomic E-state index is 0.465. The summed E-state index contributed by atoms with van der Waals surface area (Å²) in [6, 6.07) is 3.48. The van der Waals surface area contributed by atoms with Gasteiger partial charge in [-0.05, 0) is 0 Å². The number of aryl methyl sites for hydroxylation is 1. The molecule has 0 atom stereocenters. The molecule has 0 saturated carbocycles. The van der Waals surface area contributed by atoms with Gasteiger partial charge in [-0.3, -0.25) is 0 Å². The van der Waals surface area contributed by atoms with E-state index in [-0.39, 0.29) is 0 Å². The molecule has 0 fully saturated rings. The molecule has 0 aliphatic rings. The normalized spacial score (nSPS) is 10.3. The van der Waals surface area contributed by atoms with Crippen molar-refractivity contribution in [1.29, 1.82) is 0 Å². The van der Waals surface area contributed by atoms with Gasteiger partial charge in [0.2, 0.25) is 0 Å². The third kappa shape index (κ3) is 2.47. The first-order valence-corrected chi connectivity index (χ1v) is 5.05. The molecule has 0 amide bonds. The fourth-order valence-corrected chi connectivity index (χ4v) is 1.28. The number of hydrogen-bond donors (Lipinski definition) is 2. The number of nitrogens with two attached hydrogens (primary N) is 1. The molecule has 84 valence electrons. The second-order valence-electron chi connectivity index (χ2n) is 3.28. The van der Waals surface area contributed by atoms with Gasteiger partial charge in [-0.1, -0.05) is 12.1 Å². The minimum Gasteiger partial charge on any atom is -0.384 e. The van der Waals surface area contributed by atoms with Gasteiger partial charge in [0.1, 0.15) is 17.5 Å². The molecule has 0 spiro atoms. The Labute approximate surface area is 92.9 Å². The molecule has 0 bridgehead atoms. The molecule has 0 aromatic carbocycles. The van der Waals surface area contributed by atoms with Gasteiger partial charge in [-0.25, -0.2) is 9.97 Å². The number of nitrogens with one attached hydrogen (secondary N) is 1. The highest BCUT2D eigenvalue weighted by molar-refractivity contribution is 5.44. The molecular weight excluding hydrogens is 206 g/mol. The second-order valence-corrected chi connectivity index (χ2v) is 3.28. The molecule has 0 unspecified atom stereocenters. The average molecular weight is 219 g/mol. The lowest BCUT2D eigenvalue weighted by Gasteiger charge is -2.05. The molecule has 16 heavy (non-hydrogen) atoms. The van der Waals surface area contributed by atoms with Crippen molar-refractivity contribution >= 4 is 11.6 Å². The van der Waals surface area contributed by atoms with E-state index < -0.39 is 0 Å². The fourth-order valence-electron chi connectivity index (χ4n) is 1.28. The summed E-state index contributed by atoms with van der Waals surface area (Å²) in [6.45, 7) is 2.51. The van der Waals surface area contributed by atoms with Crippen LogP contribution < -0.4 is 11.1 Å².